The van der Waals surface area contributed by atoms with E-state index in [1.165, 1.54) is 0 Å². The van der Waals surface area contributed by atoms with Crippen LogP contribution in [0.1, 0.15) is 22.5 Å². The summed E-state index contributed by atoms with van der Waals surface area (Å²) in [5, 5.41) is 24.3. The number of benzene rings is 1. The molecule has 126 valence electrons. The van der Waals surface area contributed by atoms with Crippen LogP contribution in [-0.2, 0) is 0 Å². The second-order valence-corrected chi connectivity index (χ2v) is 6.04. The highest BCUT2D eigenvalue weighted by Gasteiger charge is 2.38. The van der Waals surface area contributed by atoms with Crippen molar-refractivity contribution < 1.29 is 5.21 Å². The van der Waals surface area contributed by atoms with Crippen molar-refractivity contribution in [3.63, 3.8) is 0 Å². The molecule has 2 aliphatic heterocycles. The molecule has 0 bridgehead atoms. The van der Waals surface area contributed by atoms with E-state index in [0.717, 1.165) is 33.2 Å². The molecule has 2 aromatic rings. The van der Waals surface area contributed by atoms with E-state index in [2.05, 4.69) is 15.5 Å². The fourth-order valence-corrected chi connectivity index (χ4v) is 3.22. The first kappa shape index (κ1) is 15.3. The molecule has 0 amide bonds. The highest BCUT2D eigenvalue weighted by Crippen LogP contribution is 2.36. The van der Waals surface area contributed by atoms with Crippen molar-refractivity contribution in [1.82, 2.24) is 20.4 Å². The minimum absolute atomic E-state index is 0.0335. The number of hydrogen-bond acceptors (Lipinski definition) is 5. The van der Waals surface area contributed by atoms with Gasteiger partial charge in [-0.2, -0.15) is 10.2 Å². The van der Waals surface area contributed by atoms with Gasteiger partial charge in [0.05, 0.1) is 11.3 Å². The highest BCUT2D eigenvalue weighted by molar-refractivity contribution is 6.35. The standard InChI is InChI=1S/C18H18N6O/c1-11-8-14(9-12(2)21-11)15-16(13-6-4-3-5-7-13)24(25)18(19)23-10-20-22-17(15)23/h3-9,19-20,25H,10H2,1-2H3. The third-order valence-corrected chi connectivity index (χ3v) is 4.22. The van der Waals surface area contributed by atoms with E-state index in [1.54, 1.807) is 4.90 Å². The van der Waals surface area contributed by atoms with E-state index in [4.69, 9.17) is 5.41 Å². The molecule has 0 spiro atoms. The largest absolute Gasteiger partial charge is 0.288 e. The van der Waals surface area contributed by atoms with Gasteiger partial charge in [-0.15, -0.1) is 0 Å². The minimum atomic E-state index is -0.0335. The molecule has 2 aliphatic rings. The number of hydrazone groups is 1. The maximum Gasteiger partial charge on any atom is 0.230 e. The Morgan fingerprint density at radius 3 is 2.44 bits per heavy atom. The lowest BCUT2D eigenvalue weighted by Crippen LogP contribution is -2.48. The van der Waals surface area contributed by atoms with Gasteiger partial charge in [-0.3, -0.25) is 25.9 Å². The fourth-order valence-electron chi connectivity index (χ4n) is 3.22. The Bertz CT molecular complexity index is 898. The van der Waals surface area contributed by atoms with Gasteiger partial charge in [0.1, 0.15) is 6.67 Å². The number of aryl methyl sites for hydroxylation is 2. The number of hydroxylamine groups is 2. The molecule has 0 saturated carbocycles. The molecule has 7 heteroatoms. The summed E-state index contributed by atoms with van der Waals surface area (Å²) >= 11 is 0. The monoisotopic (exact) mass is 334 g/mol. The maximum atomic E-state index is 10.7. The summed E-state index contributed by atoms with van der Waals surface area (Å²) in [6, 6.07) is 13.5. The van der Waals surface area contributed by atoms with Crippen molar-refractivity contribution in [1.29, 1.82) is 5.41 Å². The Hall–Kier alpha value is -3.19. The zero-order chi connectivity index (χ0) is 17.6. The van der Waals surface area contributed by atoms with Crippen LogP contribution in [0.25, 0.3) is 11.3 Å². The summed E-state index contributed by atoms with van der Waals surface area (Å²) in [5.74, 6) is 0.591. The average Bonchev–Trinajstić information content (AvgIpc) is 3.07. The number of rotatable bonds is 2. The van der Waals surface area contributed by atoms with Crippen LogP contribution in [0.2, 0.25) is 0 Å². The Labute approximate surface area is 145 Å². The predicted molar refractivity (Wildman–Crippen MR) is 95.6 cm³/mol. The molecule has 0 radical (unpaired) electrons. The molecular formula is C18H18N6O. The number of nitrogens with zero attached hydrogens (tertiary/aromatic N) is 4. The van der Waals surface area contributed by atoms with E-state index in [9.17, 15) is 5.21 Å². The summed E-state index contributed by atoms with van der Waals surface area (Å²) in [6.45, 7) is 4.22. The number of nitrogens with one attached hydrogen (secondary N) is 2. The first-order chi connectivity index (χ1) is 12.1. The zero-order valence-electron chi connectivity index (χ0n) is 14.0. The molecule has 3 N–H and O–H groups in total. The van der Waals surface area contributed by atoms with Crippen molar-refractivity contribution in [2.45, 2.75) is 13.8 Å². The van der Waals surface area contributed by atoms with Crippen molar-refractivity contribution in [2.24, 2.45) is 5.10 Å². The minimum Gasteiger partial charge on any atom is -0.288 e. The van der Waals surface area contributed by atoms with Crippen molar-refractivity contribution >= 4 is 23.1 Å². The number of guanidine groups is 1. The molecule has 0 aliphatic carbocycles. The fraction of sp³-hybridized carbons (Fsp3) is 0.167. The van der Waals surface area contributed by atoms with Crippen LogP contribution in [-0.4, -0.2) is 38.6 Å². The molecule has 1 aromatic heterocycles. The Morgan fingerprint density at radius 2 is 1.76 bits per heavy atom. The Balaban J connectivity index is 2.04. The molecular weight excluding hydrogens is 316 g/mol. The Morgan fingerprint density at radius 1 is 1.08 bits per heavy atom. The third kappa shape index (κ3) is 2.45. The van der Waals surface area contributed by atoms with Gasteiger partial charge in [-0.05, 0) is 31.5 Å². The summed E-state index contributed by atoms with van der Waals surface area (Å²) < 4.78 is 0. The summed E-state index contributed by atoms with van der Waals surface area (Å²) in [7, 11) is 0. The van der Waals surface area contributed by atoms with Crippen molar-refractivity contribution in [2.75, 3.05) is 6.67 Å². The highest BCUT2D eigenvalue weighted by atomic mass is 16.5. The van der Waals surface area contributed by atoms with E-state index in [0.29, 0.717) is 18.2 Å². The van der Waals surface area contributed by atoms with Crippen LogP contribution in [0.3, 0.4) is 0 Å². The molecule has 4 rings (SSSR count). The van der Waals surface area contributed by atoms with Crippen LogP contribution < -0.4 is 5.43 Å². The topological polar surface area (TPSA) is 87.8 Å². The van der Waals surface area contributed by atoms with Crippen LogP contribution >= 0.6 is 0 Å². The molecule has 0 unspecified atom stereocenters. The number of aromatic nitrogens is 1. The summed E-state index contributed by atoms with van der Waals surface area (Å²) in [5.41, 5.74) is 7.70. The second-order valence-electron chi connectivity index (χ2n) is 6.04. The lowest BCUT2D eigenvalue weighted by atomic mass is 9.95. The third-order valence-electron chi connectivity index (χ3n) is 4.22. The normalized spacial score (nSPS) is 16.8. The molecule has 0 fully saturated rings. The Kier molecular flexibility index (Phi) is 3.51. The van der Waals surface area contributed by atoms with Gasteiger partial charge in [0, 0.05) is 17.0 Å². The van der Waals surface area contributed by atoms with Gasteiger partial charge in [0.15, 0.2) is 5.84 Å². The van der Waals surface area contributed by atoms with E-state index in [-0.39, 0.29) is 5.96 Å². The molecule has 25 heavy (non-hydrogen) atoms. The van der Waals surface area contributed by atoms with Gasteiger partial charge in [-0.1, -0.05) is 30.3 Å². The average molecular weight is 334 g/mol. The van der Waals surface area contributed by atoms with E-state index in [1.807, 2.05) is 56.3 Å². The lowest BCUT2D eigenvalue weighted by molar-refractivity contribution is 0.0377. The number of fused-ring (bicyclic) bond motifs is 1. The van der Waals surface area contributed by atoms with Crippen LogP contribution in [0.15, 0.2) is 47.6 Å². The predicted octanol–water partition coefficient (Wildman–Crippen LogP) is 2.38. The van der Waals surface area contributed by atoms with Crippen LogP contribution in [0.4, 0.5) is 0 Å². The first-order valence-electron chi connectivity index (χ1n) is 7.97. The second kappa shape index (κ2) is 5.71. The van der Waals surface area contributed by atoms with Gasteiger partial charge >= 0.3 is 0 Å². The SMILES string of the molecule is Cc1cc(C2=C(c3ccccc3)N(O)C(=N)N3CNN=C23)cc(C)n1. The quantitative estimate of drug-likeness (QED) is 0.785. The number of hydrogen-bond donors (Lipinski definition) is 3. The van der Waals surface area contributed by atoms with Crippen LogP contribution in [0, 0.1) is 19.3 Å². The number of amidine groups is 1. The van der Waals surface area contributed by atoms with Gasteiger partial charge in [0.2, 0.25) is 5.96 Å². The molecule has 1 aromatic carbocycles. The van der Waals surface area contributed by atoms with Gasteiger partial charge in [0.25, 0.3) is 0 Å². The molecule has 0 saturated heterocycles. The lowest BCUT2D eigenvalue weighted by Gasteiger charge is -2.35. The van der Waals surface area contributed by atoms with Crippen molar-refractivity contribution in [3.05, 3.63) is 65.0 Å². The molecule has 0 atom stereocenters. The first-order valence-corrected chi connectivity index (χ1v) is 7.97. The van der Waals surface area contributed by atoms with E-state index < -0.39 is 0 Å². The number of pyridine rings is 1. The summed E-state index contributed by atoms with van der Waals surface area (Å²) in [4.78, 5) is 6.07. The van der Waals surface area contributed by atoms with Gasteiger partial charge < -0.3 is 0 Å². The maximum absolute atomic E-state index is 10.7. The summed E-state index contributed by atoms with van der Waals surface area (Å²) in [6.07, 6.45) is 0. The zero-order valence-corrected chi connectivity index (χ0v) is 14.0. The molecule has 7 nitrogen and oxygen atoms in total. The van der Waals surface area contributed by atoms with Crippen molar-refractivity contribution in [3.8, 4) is 0 Å². The smallest absolute Gasteiger partial charge is 0.230 e. The molecule has 3 heterocycles. The van der Waals surface area contributed by atoms with Crippen LogP contribution in [0.5, 0.6) is 0 Å². The van der Waals surface area contributed by atoms with E-state index >= 15 is 0 Å². The van der Waals surface area contributed by atoms with Gasteiger partial charge in [-0.25, -0.2) is 0 Å².